The molecule has 0 aliphatic rings. The fourth-order valence-electron chi connectivity index (χ4n) is 1.73. The van der Waals surface area contributed by atoms with Gasteiger partial charge in [0.15, 0.2) is 0 Å². The molecule has 1 aromatic heterocycles. The molecule has 0 N–H and O–H groups in total. The van der Waals surface area contributed by atoms with Crippen molar-refractivity contribution >= 4 is 5.88 Å². The number of benzene rings is 1. The lowest BCUT2D eigenvalue weighted by Gasteiger charge is -2.06. The first-order chi connectivity index (χ1) is 9.65. The van der Waals surface area contributed by atoms with Crippen molar-refractivity contribution in [1.29, 1.82) is 5.26 Å². The number of anilines is 1. The molecular formula is C15H17N3O2. The molecule has 0 atom stereocenters. The predicted molar refractivity (Wildman–Crippen MR) is 76.8 cm³/mol. The van der Waals surface area contributed by atoms with Gasteiger partial charge < -0.3 is 14.1 Å². The second kappa shape index (κ2) is 6.11. The maximum absolute atomic E-state index is 9.05. The number of nitrogens with zero attached hydrogens (tertiary/aromatic N) is 3. The van der Waals surface area contributed by atoms with Crippen LogP contribution < -0.4 is 9.64 Å². The van der Waals surface area contributed by atoms with E-state index in [1.165, 1.54) is 0 Å². The van der Waals surface area contributed by atoms with Crippen molar-refractivity contribution in [2.45, 2.75) is 13.3 Å². The van der Waals surface area contributed by atoms with Crippen molar-refractivity contribution in [3.63, 3.8) is 0 Å². The van der Waals surface area contributed by atoms with E-state index in [2.05, 4.69) is 11.9 Å². The minimum absolute atomic E-state index is 0.288. The summed E-state index contributed by atoms with van der Waals surface area (Å²) in [6.07, 6.45) is 0.971. The second-order valence-electron chi connectivity index (χ2n) is 4.55. The maximum Gasteiger partial charge on any atom is 0.234 e. The van der Waals surface area contributed by atoms with Crippen LogP contribution in [-0.2, 0) is 0 Å². The largest absolute Gasteiger partial charge is 0.494 e. The minimum atomic E-state index is 0.288. The molecule has 2 aromatic rings. The van der Waals surface area contributed by atoms with Gasteiger partial charge in [-0.1, -0.05) is 6.92 Å². The first-order valence-corrected chi connectivity index (χ1v) is 6.47. The lowest BCUT2D eigenvalue weighted by Crippen LogP contribution is -2.08. The molecule has 0 bridgehead atoms. The smallest absolute Gasteiger partial charge is 0.234 e. The molecular weight excluding hydrogens is 254 g/mol. The van der Waals surface area contributed by atoms with Gasteiger partial charge in [-0.25, -0.2) is 0 Å². The minimum Gasteiger partial charge on any atom is -0.494 e. The zero-order valence-electron chi connectivity index (χ0n) is 11.9. The van der Waals surface area contributed by atoms with Crippen LogP contribution in [0.4, 0.5) is 5.88 Å². The van der Waals surface area contributed by atoms with Gasteiger partial charge in [0.2, 0.25) is 17.5 Å². The highest BCUT2D eigenvalue weighted by atomic mass is 16.5. The van der Waals surface area contributed by atoms with E-state index < -0.39 is 0 Å². The molecule has 104 valence electrons. The van der Waals surface area contributed by atoms with Crippen molar-refractivity contribution in [2.24, 2.45) is 0 Å². The summed E-state index contributed by atoms with van der Waals surface area (Å²) in [7, 11) is 3.62. The Labute approximate surface area is 118 Å². The SMILES string of the molecule is CCCOc1ccc(-c2nc(C#N)c(N(C)C)o2)cc1. The third kappa shape index (κ3) is 2.91. The zero-order chi connectivity index (χ0) is 14.5. The highest BCUT2D eigenvalue weighted by Crippen LogP contribution is 2.28. The number of rotatable bonds is 5. The van der Waals surface area contributed by atoms with Gasteiger partial charge in [0, 0.05) is 19.7 Å². The van der Waals surface area contributed by atoms with Gasteiger partial charge in [-0.3, -0.25) is 0 Å². The molecule has 1 aromatic carbocycles. The number of nitriles is 1. The molecule has 0 unspecified atom stereocenters. The Morgan fingerprint density at radius 1 is 1.30 bits per heavy atom. The number of oxazole rings is 1. The molecule has 0 amide bonds. The standard InChI is InChI=1S/C15H17N3O2/c1-4-9-19-12-7-5-11(6-8-12)14-17-13(10-16)15(20-14)18(2)3/h5-8H,4,9H2,1-3H3. The van der Waals surface area contributed by atoms with E-state index in [-0.39, 0.29) is 5.69 Å². The van der Waals surface area contributed by atoms with Crippen molar-refractivity contribution in [3.05, 3.63) is 30.0 Å². The molecule has 0 aliphatic carbocycles. The first-order valence-electron chi connectivity index (χ1n) is 6.47. The highest BCUT2D eigenvalue weighted by molar-refractivity contribution is 5.59. The van der Waals surface area contributed by atoms with Crippen molar-refractivity contribution in [3.8, 4) is 23.3 Å². The average Bonchev–Trinajstić information content (AvgIpc) is 2.90. The van der Waals surface area contributed by atoms with E-state index in [4.69, 9.17) is 14.4 Å². The summed E-state index contributed by atoms with van der Waals surface area (Å²) in [4.78, 5) is 5.93. The fraction of sp³-hybridized carbons (Fsp3) is 0.333. The van der Waals surface area contributed by atoms with Crippen LogP contribution in [0.5, 0.6) is 5.75 Å². The zero-order valence-corrected chi connectivity index (χ0v) is 11.9. The summed E-state index contributed by atoms with van der Waals surface area (Å²) in [6, 6.07) is 9.52. The van der Waals surface area contributed by atoms with E-state index in [0.29, 0.717) is 18.4 Å². The summed E-state index contributed by atoms with van der Waals surface area (Å²) in [6.45, 7) is 2.76. The number of ether oxygens (including phenoxy) is 1. The Balaban J connectivity index is 2.26. The normalized spacial score (nSPS) is 10.1. The third-order valence-electron chi connectivity index (χ3n) is 2.70. The second-order valence-corrected chi connectivity index (χ2v) is 4.55. The van der Waals surface area contributed by atoms with Crippen LogP contribution in [0, 0.1) is 11.3 Å². The highest BCUT2D eigenvalue weighted by Gasteiger charge is 2.15. The maximum atomic E-state index is 9.05. The average molecular weight is 271 g/mol. The van der Waals surface area contributed by atoms with Gasteiger partial charge in [0.1, 0.15) is 11.8 Å². The summed E-state index contributed by atoms with van der Waals surface area (Å²) in [5.41, 5.74) is 1.11. The molecule has 5 nitrogen and oxygen atoms in total. The van der Waals surface area contributed by atoms with Crippen molar-refractivity contribution in [2.75, 3.05) is 25.6 Å². The quantitative estimate of drug-likeness (QED) is 0.836. The van der Waals surface area contributed by atoms with E-state index in [9.17, 15) is 0 Å². The van der Waals surface area contributed by atoms with Gasteiger partial charge in [0.25, 0.3) is 0 Å². The van der Waals surface area contributed by atoms with Crippen LogP contribution in [0.25, 0.3) is 11.5 Å². The third-order valence-corrected chi connectivity index (χ3v) is 2.70. The van der Waals surface area contributed by atoms with Crippen LogP contribution >= 0.6 is 0 Å². The number of hydrogen-bond acceptors (Lipinski definition) is 5. The first kappa shape index (κ1) is 13.9. The van der Waals surface area contributed by atoms with Gasteiger partial charge in [0.05, 0.1) is 6.61 Å². The summed E-state index contributed by atoms with van der Waals surface area (Å²) in [5.74, 6) is 1.72. The molecule has 0 fully saturated rings. The Morgan fingerprint density at radius 2 is 2.00 bits per heavy atom. The van der Waals surface area contributed by atoms with E-state index in [1.807, 2.05) is 44.4 Å². The monoisotopic (exact) mass is 271 g/mol. The Hall–Kier alpha value is -2.48. The fourth-order valence-corrected chi connectivity index (χ4v) is 1.73. The lowest BCUT2D eigenvalue weighted by molar-refractivity contribution is 0.317. The van der Waals surface area contributed by atoms with Crippen molar-refractivity contribution < 1.29 is 9.15 Å². The van der Waals surface area contributed by atoms with Crippen LogP contribution in [0.1, 0.15) is 19.0 Å². The van der Waals surface area contributed by atoms with Crippen LogP contribution in [0.3, 0.4) is 0 Å². The van der Waals surface area contributed by atoms with E-state index in [0.717, 1.165) is 17.7 Å². The Kier molecular flexibility index (Phi) is 4.26. The van der Waals surface area contributed by atoms with Crippen LogP contribution in [0.2, 0.25) is 0 Å². The molecule has 0 aliphatic heterocycles. The van der Waals surface area contributed by atoms with Crippen LogP contribution in [-0.4, -0.2) is 25.7 Å². The van der Waals surface area contributed by atoms with Gasteiger partial charge in [-0.15, -0.1) is 0 Å². The topological polar surface area (TPSA) is 62.3 Å². The summed E-state index contributed by atoms with van der Waals surface area (Å²) >= 11 is 0. The number of aromatic nitrogens is 1. The molecule has 0 radical (unpaired) electrons. The van der Waals surface area contributed by atoms with E-state index in [1.54, 1.807) is 4.90 Å². The predicted octanol–water partition coefficient (Wildman–Crippen LogP) is 3.07. The molecule has 20 heavy (non-hydrogen) atoms. The molecule has 1 heterocycles. The molecule has 0 spiro atoms. The van der Waals surface area contributed by atoms with Crippen LogP contribution in [0.15, 0.2) is 28.7 Å². The van der Waals surface area contributed by atoms with E-state index >= 15 is 0 Å². The summed E-state index contributed by atoms with van der Waals surface area (Å²) in [5, 5.41) is 9.05. The van der Waals surface area contributed by atoms with Gasteiger partial charge >= 0.3 is 0 Å². The summed E-state index contributed by atoms with van der Waals surface area (Å²) < 4.78 is 11.1. The molecule has 0 saturated heterocycles. The lowest BCUT2D eigenvalue weighted by atomic mass is 10.2. The Morgan fingerprint density at radius 3 is 2.50 bits per heavy atom. The number of hydrogen-bond donors (Lipinski definition) is 0. The molecule has 5 heteroatoms. The van der Waals surface area contributed by atoms with Gasteiger partial charge in [-0.2, -0.15) is 10.2 Å². The molecule has 0 saturated carbocycles. The molecule has 2 rings (SSSR count). The Bertz CT molecular complexity index is 609. The van der Waals surface area contributed by atoms with Crippen molar-refractivity contribution in [1.82, 2.24) is 4.98 Å². The van der Waals surface area contributed by atoms with Gasteiger partial charge in [-0.05, 0) is 30.7 Å².